The van der Waals surface area contributed by atoms with Gasteiger partial charge in [0.1, 0.15) is 29.2 Å². The van der Waals surface area contributed by atoms with Crippen molar-refractivity contribution >= 4 is 28.3 Å². The Kier molecular flexibility index (Phi) is 4.58. The average Bonchev–Trinajstić information content (AvgIpc) is 3.02. The zero-order chi connectivity index (χ0) is 19.8. The number of anilines is 2. The van der Waals surface area contributed by atoms with E-state index >= 15 is 0 Å². The minimum absolute atomic E-state index is 0.0788. The van der Waals surface area contributed by atoms with Gasteiger partial charge in [0, 0.05) is 11.9 Å². The number of benzene rings is 2. The fourth-order valence-corrected chi connectivity index (χ4v) is 3.25. The molecule has 0 aliphatic carbocycles. The van der Waals surface area contributed by atoms with Crippen molar-refractivity contribution in [2.24, 2.45) is 0 Å². The summed E-state index contributed by atoms with van der Waals surface area (Å²) in [7, 11) is 0. The molecule has 2 aromatic carbocycles. The molecule has 4 rings (SSSR count). The molecule has 3 aromatic rings. The Morgan fingerprint density at radius 3 is 2.46 bits per heavy atom. The minimum atomic E-state index is -2.88. The molecule has 28 heavy (non-hydrogen) atoms. The van der Waals surface area contributed by atoms with E-state index in [9.17, 15) is 22.4 Å². The van der Waals surface area contributed by atoms with Crippen molar-refractivity contribution in [2.45, 2.75) is 18.9 Å². The molecule has 5 nitrogen and oxygen atoms in total. The summed E-state index contributed by atoms with van der Waals surface area (Å²) >= 11 is 0. The van der Waals surface area contributed by atoms with Gasteiger partial charge in [-0.2, -0.15) is 0 Å². The van der Waals surface area contributed by atoms with Crippen LogP contribution in [0.3, 0.4) is 0 Å². The number of para-hydroxylation sites is 2. The van der Waals surface area contributed by atoms with E-state index in [0.717, 1.165) is 17.0 Å². The van der Waals surface area contributed by atoms with Crippen LogP contribution in [0.5, 0.6) is 0 Å². The summed E-state index contributed by atoms with van der Waals surface area (Å²) in [6.45, 7) is 0.0824. The molecule has 1 N–H and O–H groups in total. The molecule has 1 amide bonds. The van der Waals surface area contributed by atoms with E-state index in [1.54, 1.807) is 24.3 Å². The van der Waals surface area contributed by atoms with Gasteiger partial charge in [0.15, 0.2) is 5.82 Å². The van der Waals surface area contributed by atoms with Crippen LogP contribution in [0.25, 0.3) is 10.9 Å². The van der Waals surface area contributed by atoms with Crippen LogP contribution in [-0.2, 0) is 4.79 Å². The van der Waals surface area contributed by atoms with Gasteiger partial charge in [-0.15, -0.1) is 0 Å². The van der Waals surface area contributed by atoms with Crippen LogP contribution >= 0.6 is 0 Å². The number of amides is 1. The van der Waals surface area contributed by atoms with E-state index in [1.165, 1.54) is 6.07 Å². The van der Waals surface area contributed by atoms with Crippen LogP contribution in [0.4, 0.5) is 29.1 Å². The Balaban J connectivity index is 1.66. The lowest BCUT2D eigenvalue weighted by Gasteiger charge is -2.19. The molecular weight excluding hydrogens is 376 g/mol. The summed E-state index contributed by atoms with van der Waals surface area (Å²) in [5.74, 6) is -2.84. The minimum Gasteiger partial charge on any atom is -0.358 e. The van der Waals surface area contributed by atoms with Gasteiger partial charge in [0.05, 0.1) is 5.52 Å². The first-order valence-electron chi connectivity index (χ1n) is 8.52. The van der Waals surface area contributed by atoms with Crippen molar-refractivity contribution < 1.29 is 22.4 Å². The topological polar surface area (TPSA) is 58.1 Å². The lowest BCUT2D eigenvalue weighted by atomic mass is 10.2. The predicted molar refractivity (Wildman–Crippen MR) is 95.2 cm³/mol. The molecule has 2 heterocycles. The number of carbonyl (C=O) groups excluding carboxylic acids is 1. The maximum Gasteiger partial charge on any atom is 0.297 e. The zero-order valence-electron chi connectivity index (χ0n) is 14.4. The van der Waals surface area contributed by atoms with Crippen LogP contribution in [-0.4, -0.2) is 28.5 Å². The zero-order valence-corrected chi connectivity index (χ0v) is 14.4. The predicted octanol–water partition coefficient (Wildman–Crippen LogP) is 4.06. The normalized spacial score (nSPS) is 17.0. The number of alkyl halides is 2. The first kappa shape index (κ1) is 18.1. The van der Waals surface area contributed by atoms with Crippen molar-refractivity contribution in [1.82, 2.24) is 9.97 Å². The highest BCUT2D eigenvalue weighted by Crippen LogP contribution is 2.30. The van der Waals surface area contributed by atoms with Gasteiger partial charge < -0.3 is 10.2 Å². The molecule has 1 saturated heterocycles. The maximum absolute atomic E-state index is 14.0. The van der Waals surface area contributed by atoms with Crippen molar-refractivity contribution in [1.29, 1.82) is 0 Å². The molecule has 1 aliphatic rings. The molecule has 0 radical (unpaired) electrons. The summed E-state index contributed by atoms with van der Waals surface area (Å²) in [4.78, 5) is 21.4. The number of hydrogen-bond acceptors (Lipinski definition) is 4. The lowest BCUT2D eigenvalue weighted by Crippen LogP contribution is -2.34. The monoisotopic (exact) mass is 390 g/mol. The van der Waals surface area contributed by atoms with Crippen LogP contribution in [0.2, 0.25) is 0 Å². The molecule has 1 fully saturated rings. The largest absolute Gasteiger partial charge is 0.358 e. The van der Waals surface area contributed by atoms with Crippen LogP contribution in [0, 0.1) is 11.6 Å². The number of rotatable bonds is 4. The number of hydrogen-bond donors (Lipinski definition) is 1. The quantitative estimate of drug-likeness (QED) is 0.683. The summed E-state index contributed by atoms with van der Waals surface area (Å²) in [5, 5.41) is 3.31. The van der Waals surface area contributed by atoms with E-state index in [1.807, 2.05) is 0 Å². The molecule has 0 spiro atoms. The summed E-state index contributed by atoms with van der Waals surface area (Å²) in [6, 6.07) is 9.03. The second-order valence-electron chi connectivity index (χ2n) is 6.29. The van der Waals surface area contributed by atoms with Gasteiger partial charge in [-0.3, -0.25) is 4.79 Å². The van der Waals surface area contributed by atoms with Crippen molar-refractivity contribution in [3.05, 3.63) is 59.9 Å². The number of halogens is 4. The molecule has 144 valence electrons. The molecule has 1 unspecified atom stereocenters. The smallest absolute Gasteiger partial charge is 0.297 e. The molecule has 1 atom stereocenters. The molecule has 1 aliphatic heterocycles. The van der Waals surface area contributed by atoms with Gasteiger partial charge in [-0.05, 0) is 30.7 Å². The number of nitrogens with one attached hydrogen (secondary N) is 1. The lowest BCUT2D eigenvalue weighted by molar-refractivity contribution is -0.117. The van der Waals surface area contributed by atoms with E-state index in [0.29, 0.717) is 10.9 Å². The number of nitrogens with zero attached hydrogens (tertiary/aromatic N) is 3. The highest BCUT2D eigenvalue weighted by Gasteiger charge is 2.36. The number of carbonyl (C=O) groups is 1. The first-order valence-corrected chi connectivity index (χ1v) is 8.52. The van der Waals surface area contributed by atoms with E-state index in [2.05, 4.69) is 15.3 Å². The Bertz CT molecular complexity index is 1040. The third kappa shape index (κ3) is 3.12. The SMILES string of the molecule is O=C1C(Nc2nc(C(F)F)nc3ccccc23)CCN1c1c(F)cccc1F. The van der Waals surface area contributed by atoms with Crippen LogP contribution in [0.1, 0.15) is 18.7 Å². The van der Waals surface area contributed by atoms with Gasteiger partial charge >= 0.3 is 0 Å². The number of fused-ring (bicyclic) bond motifs is 1. The fraction of sp³-hybridized carbons (Fsp3) is 0.211. The van der Waals surface area contributed by atoms with E-state index in [4.69, 9.17) is 0 Å². The maximum atomic E-state index is 14.0. The molecular formula is C19H14F4N4O. The number of aromatic nitrogens is 2. The van der Waals surface area contributed by atoms with E-state index in [-0.39, 0.29) is 18.8 Å². The highest BCUT2D eigenvalue weighted by molar-refractivity contribution is 6.02. The second kappa shape index (κ2) is 7.06. The molecule has 9 heteroatoms. The van der Waals surface area contributed by atoms with E-state index < -0.39 is 41.5 Å². The molecule has 0 bridgehead atoms. The van der Waals surface area contributed by atoms with Gasteiger partial charge in [-0.1, -0.05) is 18.2 Å². The fourth-order valence-electron chi connectivity index (χ4n) is 3.25. The highest BCUT2D eigenvalue weighted by atomic mass is 19.3. The molecule has 0 saturated carbocycles. The summed E-state index contributed by atoms with van der Waals surface area (Å²) in [5.41, 5.74) is -0.115. The third-order valence-electron chi connectivity index (χ3n) is 4.54. The van der Waals surface area contributed by atoms with Crippen molar-refractivity contribution in [3.63, 3.8) is 0 Å². The van der Waals surface area contributed by atoms with Gasteiger partial charge in [-0.25, -0.2) is 27.5 Å². The van der Waals surface area contributed by atoms with Crippen LogP contribution in [0.15, 0.2) is 42.5 Å². The standard InChI is InChI=1S/C19H14F4N4O/c20-11-5-3-6-12(21)15(11)27-9-8-14(19(27)28)25-17-10-4-1-2-7-13(10)24-18(26-17)16(22)23/h1-7,14,16H,8-9H2,(H,24,25,26). The van der Waals surface area contributed by atoms with Crippen molar-refractivity contribution in [3.8, 4) is 0 Å². The Morgan fingerprint density at radius 2 is 1.75 bits per heavy atom. The molecule has 1 aromatic heterocycles. The average molecular weight is 390 g/mol. The van der Waals surface area contributed by atoms with Gasteiger partial charge in [0.2, 0.25) is 5.91 Å². The third-order valence-corrected chi connectivity index (χ3v) is 4.54. The summed E-state index contributed by atoms with van der Waals surface area (Å²) < 4.78 is 54.3. The van der Waals surface area contributed by atoms with Crippen LogP contribution < -0.4 is 10.2 Å². The Morgan fingerprint density at radius 1 is 1.04 bits per heavy atom. The second-order valence-corrected chi connectivity index (χ2v) is 6.29. The van der Waals surface area contributed by atoms with Gasteiger partial charge in [0.25, 0.3) is 6.43 Å². The Hall–Kier alpha value is -3.23. The first-order chi connectivity index (χ1) is 13.5. The Labute approximate surface area is 157 Å². The van der Waals surface area contributed by atoms with Crippen molar-refractivity contribution in [2.75, 3.05) is 16.8 Å². The summed E-state index contributed by atoms with van der Waals surface area (Å²) in [6.07, 6.45) is -2.65.